The molecule has 27 heavy (non-hydrogen) atoms. The Morgan fingerprint density at radius 2 is 1.81 bits per heavy atom. The van der Waals surface area contributed by atoms with Crippen LogP contribution < -0.4 is 10.5 Å². The number of hydrogen-bond donors (Lipinski definition) is 2. The summed E-state index contributed by atoms with van der Waals surface area (Å²) >= 11 is 0. The number of sulfonamides is 1. The molecule has 0 aromatic heterocycles. The van der Waals surface area contributed by atoms with Crippen molar-refractivity contribution in [3.63, 3.8) is 0 Å². The van der Waals surface area contributed by atoms with Crippen LogP contribution in [0.5, 0.6) is 0 Å². The average Bonchev–Trinajstić information content (AvgIpc) is 2.62. The summed E-state index contributed by atoms with van der Waals surface area (Å²) in [6.07, 6.45) is -1.09. The van der Waals surface area contributed by atoms with E-state index in [-0.39, 0.29) is 10.6 Å². The van der Waals surface area contributed by atoms with E-state index >= 15 is 0 Å². The minimum absolute atomic E-state index is 0.138. The van der Waals surface area contributed by atoms with Crippen molar-refractivity contribution in [2.75, 3.05) is 12.4 Å². The molecule has 0 bridgehead atoms. The first kappa shape index (κ1) is 20.6. The molecule has 1 atom stereocenters. The molecule has 2 rings (SSSR count). The third-order valence-corrected chi connectivity index (χ3v) is 4.49. The van der Waals surface area contributed by atoms with E-state index in [1.54, 1.807) is 31.4 Å². The van der Waals surface area contributed by atoms with Crippen molar-refractivity contribution < 1.29 is 27.5 Å². The lowest BCUT2D eigenvalue weighted by molar-refractivity contribution is -0.123. The van der Waals surface area contributed by atoms with Gasteiger partial charge in [0.2, 0.25) is 10.0 Å². The smallest absolute Gasteiger partial charge is 0.338 e. The largest absolute Gasteiger partial charge is 0.449 e. The number of esters is 1. The van der Waals surface area contributed by atoms with E-state index in [4.69, 9.17) is 14.6 Å². The van der Waals surface area contributed by atoms with Gasteiger partial charge in [-0.15, -0.1) is 0 Å². The predicted molar refractivity (Wildman–Crippen MR) is 98.5 cm³/mol. The molecule has 0 spiro atoms. The molecular formula is C18H20N2O6S. The Kier molecular flexibility index (Phi) is 6.67. The SMILES string of the molecule is COCc1ccc(C(=O)O[C@H](C)C(=O)Nc2cccc(S(N)(=O)=O)c2)cc1. The molecule has 8 nitrogen and oxygen atoms in total. The fraction of sp³-hybridized carbons (Fsp3) is 0.222. The average molecular weight is 392 g/mol. The number of ether oxygens (including phenoxy) is 2. The van der Waals surface area contributed by atoms with Gasteiger partial charge < -0.3 is 14.8 Å². The van der Waals surface area contributed by atoms with Gasteiger partial charge in [-0.3, -0.25) is 4.79 Å². The molecule has 0 aliphatic carbocycles. The molecule has 1 amide bonds. The Hall–Kier alpha value is -2.75. The zero-order valence-electron chi connectivity index (χ0n) is 14.8. The first-order valence-electron chi connectivity index (χ1n) is 7.93. The van der Waals surface area contributed by atoms with Crippen molar-refractivity contribution in [3.05, 3.63) is 59.7 Å². The third-order valence-electron chi connectivity index (χ3n) is 3.58. The summed E-state index contributed by atoms with van der Waals surface area (Å²) in [6, 6.07) is 12.1. The second kappa shape index (κ2) is 8.76. The highest BCUT2D eigenvalue weighted by molar-refractivity contribution is 7.89. The van der Waals surface area contributed by atoms with E-state index in [0.29, 0.717) is 12.2 Å². The Morgan fingerprint density at radius 1 is 1.15 bits per heavy atom. The minimum Gasteiger partial charge on any atom is -0.449 e. The lowest BCUT2D eigenvalue weighted by Crippen LogP contribution is -2.30. The molecule has 144 valence electrons. The number of nitrogens with two attached hydrogens (primary N) is 1. The van der Waals surface area contributed by atoms with Gasteiger partial charge in [-0.1, -0.05) is 18.2 Å². The Labute approximate surface area is 157 Å². The second-order valence-corrected chi connectivity index (χ2v) is 7.30. The maximum atomic E-state index is 12.2. The number of hydrogen-bond acceptors (Lipinski definition) is 6. The summed E-state index contributed by atoms with van der Waals surface area (Å²) in [7, 11) is -2.32. The summed E-state index contributed by atoms with van der Waals surface area (Å²) in [6.45, 7) is 1.84. The van der Waals surface area contributed by atoms with Gasteiger partial charge >= 0.3 is 5.97 Å². The van der Waals surface area contributed by atoms with Crippen molar-refractivity contribution >= 4 is 27.6 Å². The fourth-order valence-electron chi connectivity index (χ4n) is 2.18. The minimum atomic E-state index is -3.89. The van der Waals surface area contributed by atoms with Crippen LogP contribution >= 0.6 is 0 Å². The predicted octanol–water partition coefficient (Wildman–Crippen LogP) is 1.66. The zero-order valence-corrected chi connectivity index (χ0v) is 15.7. The van der Waals surface area contributed by atoms with Crippen LogP contribution in [-0.2, 0) is 30.9 Å². The quantitative estimate of drug-likeness (QED) is 0.691. The van der Waals surface area contributed by atoms with Crippen molar-refractivity contribution in [2.24, 2.45) is 5.14 Å². The Balaban J connectivity index is 2.00. The van der Waals surface area contributed by atoms with E-state index in [1.165, 1.54) is 31.2 Å². The first-order chi connectivity index (χ1) is 12.7. The molecule has 2 aromatic carbocycles. The Bertz CT molecular complexity index is 925. The molecule has 0 saturated heterocycles. The molecule has 0 aliphatic heterocycles. The lowest BCUT2D eigenvalue weighted by atomic mass is 10.1. The van der Waals surface area contributed by atoms with E-state index < -0.39 is 28.0 Å². The standard InChI is InChI=1S/C18H20N2O6S/c1-12(26-18(22)14-8-6-13(7-9-14)11-25-2)17(21)20-15-4-3-5-16(10-15)27(19,23)24/h3-10,12H,11H2,1-2H3,(H,20,21)(H2,19,23,24)/t12-/m1/s1. The molecule has 0 heterocycles. The van der Waals surface area contributed by atoms with Gasteiger partial charge in [-0.25, -0.2) is 18.4 Å². The second-order valence-electron chi connectivity index (χ2n) is 5.74. The van der Waals surface area contributed by atoms with Crippen LogP contribution in [0.4, 0.5) is 5.69 Å². The van der Waals surface area contributed by atoms with Gasteiger partial charge in [0, 0.05) is 12.8 Å². The number of anilines is 1. The normalized spacial score (nSPS) is 12.3. The highest BCUT2D eigenvalue weighted by atomic mass is 32.2. The van der Waals surface area contributed by atoms with Crippen LogP contribution in [0.3, 0.4) is 0 Å². The topological polar surface area (TPSA) is 125 Å². The summed E-state index contributed by atoms with van der Waals surface area (Å²) in [5.41, 5.74) is 1.42. The van der Waals surface area contributed by atoms with Gasteiger partial charge in [0.05, 0.1) is 17.1 Å². The van der Waals surface area contributed by atoms with Gasteiger partial charge in [-0.2, -0.15) is 0 Å². The molecule has 0 aliphatic rings. The van der Waals surface area contributed by atoms with E-state index in [1.807, 2.05) is 0 Å². The number of rotatable bonds is 7. The number of nitrogens with one attached hydrogen (secondary N) is 1. The van der Waals surface area contributed by atoms with Crippen molar-refractivity contribution in [1.82, 2.24) is 0 Å². The lowest BCUT2D eigenvalue weighted by Gasteiger charge is -2.14. The monoisotopic (exact) mass is 392 g/mol. The number of benzene rings is 2. The number of primary sulfonamides is 1. The number of carbonyl (C=O) groups is 2. The summed E-state index contributed by atoms with van der Waals surface area (Å²) in [5, 5.41) is 7.54. The maximum Gasteiger partial charge on any atom is 0.338 e. The molecule has 2 aromatic rings. The zero-order chi connectivity index (χ0) is 20.0. The molecular weight excluding hydrogens is 372 g/mol. The maximum absolute atomic E-state index is 12.2. The summed E-state index contributed by atoms with van der Waals surface area (Å²) < 4.78 is 32.9. The third kappa shape index (κ3) is 5.88. The molecule has 0 saturated carbocycles. The Morgan fingerprint density at radius 3 is 2.41 bits per heavy atom. The molecule has 0 fully saturated rings. The van der Waals surface area contributed by atoms with Crippen LogP contribution in [0.1, 0.15) is 22.8 Å². The molecule has 9 heteroatoms. The van der Waals surface area contributed by atoms with E-state index in [0.717, 1.165) is 5.56 Å². The van der Waals surface area contributed by atoms with Crippen LogP contribution in [0, 0.1) is 0 Å². The van der Waals surface area contributed by atoms with Crippen LogP contribution in [0.25, 0.3) is 0 Å². The molecule has 0 radical (unpaired) electrons. The van der Waals surface area contributed by atoms with Gasteiger partial charge in [0.25, 0.3) is 5.91 Å². The number of amides is 1. The van der Waals surface area contributed by atoms with Gasteiger partial charge in [-0.05, 0) is 42.8 Å². The highest BCUT2D eigenvalue weighted by Crippen LogP contribution is 2.15. The van der Waals surface area contributed by atoms with Crippen molar-refractivity contribution in [3.8, 4) is 0 Å². The van der Waals surface area contributed by atoms with E-state index in [9.17, 15) is 18.0 Å². The summed E-state index contributed by atoms with van der Waals surface area (Å²) in [4.78, 5) is 24.2. The molecule has 3 N–H and O–H groups in total. The van der Waals surface area contributed by atoms with Gasteiger partial charge in [0.15, 0.2) is 6.10 Å². The summed E-state index contributed by atoms with van der Waals surface area (Å²) in [5.74, 6) is -1.26. The van der Waals surface area contributed by atoms with Crippen LogP contribution in [0.15, 0.2) is 53.4 Å². The van der Waals surface area contributed by atoms with Crippen LogP contribution in [0.2, 0.25) is 0 Å². The van der Waals surface area contributed by atoms with Crippen molar-refractivity contribution in [1.29, 1.82) is 0 Å². The number of methoxy groups -OCH3 is 1. The number of carbonyl (C=O) groups excluding carboxylic acids is 2. The molecule has 0 unspecified atom stereocenters. The fourth-order valence-corrected chi connectivity index (χ4v) is 2.74. The first-order valence-corrected chi connectivity index (χ1v) is 9.48. The highest BCUT2D eigenvalue weighted by Gasteiger charge is 2.19. The van der Waals surface area contributed by atoms with Gasteiger partial charge in [0.1, 0.15) is 0 Å². The van der Waals surface area contributed by atoms with Crippen LogP contribution in [-0.4, -0.2) is 33.5 Å². The van der Waals surface area contributed by atoms with E-state index in [2.05, 4.69) is 5.32 Å². The van der Waals surface area contributed by atoms with Crippen molar-refractivity contribution in [2.45, 2.75) is 24.5 Å².